The van der Waals surface area contributed by atoms with E-state index >= 15 is 0 Å². The van der Waals surface area contributed by atoms with Crippen molar-refractivity contribution in [3.8, 4) is 11.4 Å². The number of aromatic amines is 1. The van der Waals surface area contributed by atoms with E-state index in [1.54, 1.807) is 26.0 Å². The van der Waals surface area contributed by atoms with E-state index in [1.807, 2.05) is 25.1 Å². The van der Waals surface area contributed by atoms with Crippen LogP contribution in [0.3, 0.4) is 0 Å². The highest BCUT2D eigenvalue weighted by atomic mass is 16.1. The monoisotopic (exact) mass is 363 g/mol. The average molecular weight is 363 g/mol. The van der Waals surface area contributed by atoms with Crippen LogP contribution in [0.15, 0.2) is 30.3 Å². The number of ketones is 1. The number of hydrogen-bond donors (Lipinski definition) is 2. The Kier molecular flexibility index (Phi) is 5.12. The Bertz CT molecular complexity index is 1020. The first-order chi connectivity index (χ1) is 12.9. The third-order valence-electron chi connectivity index (χ3n) is 4.31. The SMILES string of the molecule is CCc1nc(-c2ccccc2NC(=O)c2cc(C(C)=O)c(C)nc2C)n[nH]1. The van der Waals surface area contributed by atoms with Crippen LogP contribution < -0.4 is 5.32 Å². The predicted molar refractivity (Wildman–Crippen MR) is 103 cm³/mol. The number of aryl methyl sites for hydroxylation is 3. The van der Waals surface area contributed by atoms with Crippen LogP contribution in [0.4, 0.5) is 5.69 Å². The van der Waals surface area contributed by atoms with Gasteiger partial charge in [-0.1, -0.05) is 19.1 Å². The lowest BCUT2D eigenvalue weighted by Gasteiger charge is -2.12. The third kappa shape index (κ3) is 3.76. The van der Waals surface area contributed by atoms with Crippen LogP contribution in [0.5, 0.6) is 0 Å². The smallest absolute Gasteiger partial charge is 0.257 e. The van der Waals surface area contributed by atoms with Crippen LogP contribution in [0.25, 0.3) is 11.4 Å². The summed E-state index contributed by atoms with van der Waals surface area (Å²) < 4.78 is 0. The zero-order valence-corrected chi connectivity index (χ0v) is 15.8. The summed E-state index contributed by atoms with van der Waals surface area (Å²) in [5, 5.41) is 10.00. The van der Waals surface area contributed by atoms with Crippen molar-refractivity contribution in [2.45, 2.75) is 34.1 Å². The summed E-state index contributed by atoms with van der Waals surface area (Å²) >= 11 is 0. The second kappa shape index (κ2) is 7.49. The number of H-pyrrole nitrogens is 1. The molecular weight excluding hydrogens is 342 g/mol. The molecule has 138 valence electrons. The lowest BCUT2D eigenvalue weighted by atomic mass is 10.0. The van der Waals surface area contributed by atoms with E-state index in [4.69, 9.17) is 0 Å². The fraction of sp³-hybridized carbons (Fsp3) is 0.250. The van der Waals surface area contributed by atoms with Gasteiger partial charge in [-0.2, -0.15) is 5.10 Å². The number of Topliss-reactive ketones (excluding diaryl/α,β-unsaturated/α-hetero) is 1. The minimum atomic E-state index is -0.332. The quantitative estimate of drug-likeness (QED) is 0.676. The van der Waals surface area contributed by atoms with Crippen LogP contribution in [0.1, 0.15) is 51.8 Å². The van der Waals surface area contributed by atoms with Gasteiger partial charge < -0.3 is 5.32 Å². The van der Waals surface area contributed by atoms with Crippen molar-refractivity contribution in [1.82, 2.24) is 20.2 Å². The van der Waals surface area contributed by atoms with E-state index in [0.717, 1.165) is 12.2 Å². The van der Waals surface area contributed by atoms with Gasteiger partial charge in [-0.25, -0.2) is 4.98 Å². The molecule has 0 atom stereocenters. The molecule has 2 heterocycles. The van der Waals surface area contributed by atoms with Crippen molar-refractivity contribution in [2.75, 3.05) is 5.32 Å². The normalized spacial score (nSPS) is 10.7. The number of aromatic nitrogens is 4. The van der Waals surface area contributed by atoms with Gasteiger partial charge in [0.05, 0.1) is 16.9 Å². The molecule has 7 heteroatoms. The Balaban J connectivity index is 1.96. The second-order valence-corrected chi connectivity index (χ2v) is 6.27. The first kappa shape index (κ1) is 18.4. The van der Waals surface area contributed by atoms with Crippen molar-refractivity contribution in [3.05, 3.63) is 58.7 Å². The molecule has 0 spiro atoms. The summed E-state index contributed by atoms with van der Waals surface area (Å²) in [6.07, 6.45) is 0.740. The van der Waals surface area contributed by atoms with Crippen molar-refractivity contribution in [1.29, 1.82) is 0 Å². The molecule has 27 heavy (non-hydrogen) atoms. The molecule has 0 saturated carbocycles. The molecule has 3 rings (SSSR count). The van der Waals surface area contributed by atoms with E-state index in [0.29, 0.717) is 39.6 Å². The first-order valence-electron chi connectivity index (χ1n) is 8.72. The summed E-state index contributed by atoms with van der Waals surface area (Å²) in [6, 6.07) is 8.92. The molecule has 1 amide bonds. The number of anilines is 1. The fourth-order valence-corrected chi connectivity index (χ4v) is 2.86. The maximum Gasteiger partial charge on any atom is 0.257 e. The van der Waals surface area contributed by atoms with Gasteiger partial charge in [0.2, 0.25) is 0 Å². The molecule has 2 N–H and O–H groups in total. The van der Waals surface area contributed by atoms with Gasteiger partial charge in [0.25, 0.3) is 5.91 Å². The number of hydrogen-bond acceptors (Lipinski definition) is 5. The van der Waals surface area contributed by atoms with E-state index in [9.17, 15) is 9.59 Å². The summed E-state index contributed by atoms with van der Waals surface area (Å²) in [7, 11) is 0. The molecular formula is C20H21N5O2. The van der Waals surface area contributed by atoms with Crippen molar-refractivity contribution in [3.63, 3.8) is 0 Å². The minimum Gasteiger partial charge on any atom is -0.321 e. The molecule has 0 radical (unpaired) electrons. The molecule has 0 bridgehead atoms. The van der Waals surface area contributed by atoms with Gasteiger partial charge in [-0.3, -0.25) is 19.7 Å². The first-order valence-corrected chi connectivity index (χ1v) is 8.72. The third-order valence-corrected chi connectivity index (χ3v) is 4.31. The molecule has 2 aromatic heterocycles. The van der Waals surface area contributed by atoms with E-state index in [-0.39, 0.29) is 11.7 Å². The van der Waals surface area contributed by atoms with Crippen LogP contribution in [0, 0.1) is 13.8 Å². The highest BCUT2D eigenvalue weighted by Crippen LogP contribution is 2.26. The number of carbonyl (C=O) groups is 2. The van der Waals surface area contributed by atoms with Crippen molar-refractivity contribution >= 4 is 17.4 Å². The van der Waals surface area contributed by atoms with E-state index in [1.165, 1.54) is 6.92 Å². The van der Waals surface area contributed by atoms with Crippen LogP contribution >= 0.6 is 0 Å². The van der Waals surface area contributed by atoms with Gasteiger partial charge in [0, 0.05) is 23.2 Å². The number of nitrogens with zero attached hydrogens (tertiary/aromatic N) is 3. The molecule has 0 fully saturated rings. The topological polar surface area (TPSA) is 101 Å². The van der Waals surface area contributed by atoms with Crippen LogP contribution in [0.2, 0.25) is 0 Å². The Labute approximate surface area is 157 Å². The van der Waals surface area contributed by atoms with E-state index in [2.05, 4.69) is 25.5 Å². The zero-order valence-electron chi connectivity index (χ0n) is 15.8. The summed E-state index contributed by atoms with van der Waals surface area (Å²) in [4.78, 5) is 33.4. The van der Waals surface area contributed by atoms with Gasteiger partial charge in [0.15, 0.2) is 11.6 Å². The maximum atomic E-state index is 12.9. The molecule has 7 nitrogen and oxygen atoms in total. The number of carbonyl (C=O) groups excluding carboxylic acids is 2. The van der Waals surface area contributed by atoms with Crippen LogP contribution in [-0.4, -0.2) is 31.9 Å². The Hall–Kier alpha value is -3.35. The van der Waals surface area contributed by atoms with Crippen molar-refractivity contribution in [2.24, 2.45) is 0 Å². The van der Waals surface area contributed by atoms with Gasteiger partial charge in [0.1, 0.15) is 5.82 Å². The number of para-hydroxylation sites is 1. The Morgan fingerprint density at radius 3 is 2.44 bits per heavy atom. The maximum absolute atomic E-state index is 12.9. The fourth-order valence-electron chi connectivity index (χ4n) is 2.86. The van der Waals surface area contributed by atoms with Crippen molar-refractivity contribution < 1.29 is 9.59 Å². The lowest BCUT2D eigenvalue weighted by molar-refractivity contribution is 0.101. The highest BCUT2D eigenvalue weighted by molar-refractivity contribution is 6.08. The summed E-state index contributed by atoms with van der Waals surface area (Å²) in [6.45, 7) is 6.96. The molecule has 1 aromatic carbocycles. The second-order valence-electron chi connectivity index (χ2n) is 6.27. The number of amides is 1. The molecule has 0 saturated heterocycles. The highest BCUT2D eigenvalue weighted by Gasteiger charge is 2.18. The zero-order chi connectivity index (χ0) is 19.6. The predicted octanol–water partition coefficient (Wildman–Crippen LogP) is 3.50. The standard InChI is InChI=1S/C20H21N5O2/c1-5-18-23-19(25-24-18)14-8-6-7-9-17(14)22-20(27)16-10-15(13(4)26)11(2)21-12(16)3/h6-10H,5H2,1-4H3,(H,22,27)(H,23,24,25). The van der Waals surface area contributed by atoms with Gasteiger partial charge in [-0.05, 0) is 39.0 Å². The largest absolute Gasteiger partial charge is 0.321 e. The minimum absolute atomic E-state index is 0.123. The Morgan fingerprint density at radius 1 is 1.07 bits per heavy atom. The lowest BCUT2D eigenvalue weighted by Crippen LogP contribution is -2.16. The van der Waals surface area contributed by atoms with Gasteiger partial charge >= 0.3 is 0 Å². The number of nitrogens with one attached hydrogen (secondary N) is 2. The summed E-state index contributed by atoms with van der Waals surface area (Å²) in [5.74, 6) is 0.838. The number of benzene rings is 1. The number of pyridine rings is 1. The summed E-state index contributed by atoms with van der Waals surface area (Å²) in [5.41, 5.74) is 3.30. The van der Waals surface area contributed by atoms with Crippen LogP contribution in [-0.2, 0) is 6.42 Å². The average Bonchev–Trinajstić information content (AvgIpc) is 3.10. The molecule has 0 unspecified atom stereocenters. The molecule has 0 aliphatic heterocycles. The molecule has 3 aromatic rings. The number of rotatable bonds is 5. The Morgan fingerprint density at radius 2 is 1.78 bits per heavy atom. The molecule has 0 aliphatic carbocycles. The van der Waals surface area contributed by atoms with E-state index < -0.39 is 0 Å². The van der Waals surface area contributed by atoms with Gasteiger partial charge in [-0.15, -0.1) is 0 Å². The molecule has 0 aliphatic rings.